The average Bonchev–Trinajstić information content (AvgIpc) is 2.43. The van der Waals surface area contributed by atoms with Crippen LogP contribution in [0.25, 0.3) is 0 Å². The van der Waals surface area contributed by atoms with Crippen LogP contribution >= 0.6 is 0 Å². The Labute approximate surface area is 119 Å². The van der Waals surface area contributed by atoms with Crippen molar-refractivity contribution >= 4 is 17.8 Å². The molecule has 6 nitrogen and oxygen atoms in total. The van der Waals surface area contributed by atoms with E-state index in [2.05, 4.69) is 10.6 Å². The van der Waals surface area contributed by atoms with Crippen molar-refractivity contribution in [2.45, 2.75) is 39.5 Å². The molecule has 6 heteroatoms. The highest BCUT2D eigenvalue weighted by Crippen LogP contribution is 2.29. The number of rotatable bonds is 6. The number of carbonyl (C=O) groups excluding carboxylic acids is 2. The molecule has 20 heavy (non-hydrogen) atoms. The van der Waals surface area contributed by atoms with Crippen LogP contribution in [-0.4, -0.2) is 36.0 Å². The summed E-state index contributed by atoms with van der Waals surface area (Å²) in [6.45, 7) is 4.40. The van der Waals surface area contributed by atoms with Crippen molar-refractivity contribution in [3.8, 4) is 0 Å². The molecule has 0 aromatic heterocycles. The molecule has 1 saturated carbocycles. The summed E-state index contributed by atoms with van der Waals surface area (Å²) in [7, 11) is 0. The van der Waals surface area contributed by atoms with Crippen LogP contribution in [0.3, 0.4) is 0 Å². The lowest BCUT2D eigenvalue weighted by molar-refractivity contribution is -0.144. The maximum Gasteiger partial charge on any atom is 0.306 e. The van der Waals surface area contributed by atoms with Crippen LogP contribution < -0.4 is 10.6 Å². The predicted octanol–water partition coefficient (Wildman–Crippen LogP) is 0.766. The maximum atomic E-state index is 11.9. The van der Waals surface area contributed by atoms with Gasteiger partial charge in [0.1, 0.15) is 0 Å². The largest absolute Gasteiger partial charge is 0.481 e. The van der Waals surface area contributed by atoms with Crippen molar-refractivity contribution in [2.75, 3.05) is 13.1 Å². The molecule has 2 atom stereocenters. The minimum Gasteiger partial charge on any atom is -0.481 e. The third-order valence-corrected chi connectivity index (χ3v) is 3.64. The standard InChI is InChI=1S/C14H24N2O4/c1-9(2)12(17)15-6-7-16-13(18)10-4-3-5-11(8-10)14(19)20/h9-11H,3-8H2,1-2H3,(H,15,17)(H,16,18)(H,19,20). The van der Waals surface area contributed by atoms with Crippen molar-refractivity contribution < 1.29 is 19.5 Å². The lowest BCUT2D eigenvalue weighted by Crippen LogP contribution is -2.40. The SMILES string of the molecule is CC(C)C(=O)NCCNC(=O)C1CCCC(C(=O)O)C1. The molecule has 0 bridgehead atoms. The molecule has 1 aliphatic carbocycles. The highest BCUT2D eigenvalue weighted by molar-refractivity contribution is 5.80. The monoisotopic (exact) mass is 284 g/mol. The van der Waals surface area contributed by atoms with E-state index in [1.807, 2.05) is 13.8 Å². The average molecular weight is 284 g/mol. The van der Waals surface area contributed by atoms with Crippen molar-refractivity contribution in [3.63, 3.8) is 0 Å². The summed E-state index contributed by atoms with van der Waals surface area (Å²) in [5.41, 5.74) is 0. The zero-order valence-corrected chi connectivity index (χ0v) is 12.1. The van der Waals surface area contributed by atoms with Gasteiger partial charge in [-0.3, -0.25) is 14.4 Å². The van der Waals surface area contributed by atoms with Crippen molar-refractivity contribution in [2.24, 2.45) is 17.8 Å². The summed E-state index contributed by atoms with van der Waals surface area (Å²) < 4.78 is 0. The number of nitrogens with one attached hydrogen (secondary N) is 2. The number of hydrogen-bond donors (Lipinski definition) is 3. The van der Waals surface area contributed by atoms with E-state index < -0.39 is 11.9 Å². The van der Waals surface area contributed by atoms with Crippen LogP contribution in [0.4, 0.5) is 0 Å². The number of carbonyl (C=O) groups is 3. The fourth-order valence-corrected chi connectivity index (χ4v) is 2.37. The molecular formula is C14H24N2O4. The molecule has 0 heterocycles. The van der Waals surface area contributed by atoms with Crippen molar-refractivity contribution in [3.05, 3.63) is 0 Å². The molecule has 1 fully saturated rings. The van der Waals surface area contributed by atoms with Crippen LogP contribution in [0.15, 0.2) is 0 Å². The summed E-state index contributed by atoms with van der Waals surface area (Å²) in [4.78, 5) is 34.2. The molecule has 0 aromatic carbocycles. The van der Waals surface area contributed by atoms with Crippen molar-refractivity contribution in [1.82, 2.24) is 10.6 Å². The number of amides is 2. The van der Waals surface area contributed by atoms with Crippen LogP contribution in [0.2, 0.25) is 0 Å². The zero-order chi connectivity index (χ0) is 15.1. The maximum absolute atomic E-state index is 11.9. The Kier molecular flexibility index (Phi) is 6.48. The van der Waals surface area contributed by atoms with Gasteiger partial charge in [0.05, 0.1) is 5.92 Å². The third kappa shape index (κ3) is 5.19. The highest BCUT2D eigenvalue weighted by Gasteiger charge is 2.30. The predicted molar refractivity (Wildman–Crippen MR) is 73.9 cm³/mol. The minimum absolute atomic E-state index is 0.0390. The van der Waals surface area contributed by atoms with Crippen LogP contribution in [0.5, 0.6) is 0 Å². The van der Waals surface area contributed by atoms with Gasteiger partial charge in [0, 0.05) is 24.9 Å². The molecule has 0 spiro atoms. The van der Waals surface area contributed by atoms with Crippen LogP contribution in [-0.2, 0) is 14.4 Å². The van der Waals surface area contributed by atoms with E-state index in [4.69, 9.17) is 5.11 Å². The van der Waals surface area contributed by atoms with Gasteiger partial charge in [-0.1, -0.05) is 20.3 Å². The summed E-state index contributed by atoms with van der Waals surface area (Å²) in [6, 6.07) is 0. The van der Waals surface area contributed by atoms with Gasteiger partial charge in [-0.25, -0.2) is 0 Å². The Bertz CT molecular complexity index is 368. The normalized spacial score (nSPS) is 22.4. The second-order valence-corrected chi connectivity index (χ2v) is 5.64. The molecule has 0 saturated heterocycles. The van der Waals surface area contributed by atoms with Gasteiger partial charge >= 0.3 is 5.97 Å². The van der Waals surface area contributed by atoms with Gasteiger partial charge in [0.25, 0.3) is 0 Å². The Morgan fingerprint density at radius 2 is 1.70 bits per heavy atom. The van der Waals surface area contributed by atoms with E-state index in [0.717, 1.165) is 12.8 Å². The quantitative estimate of drug-likeness (QED) is 0.628. The van der Waals surface area contributed by atoms with Gasteiger partial charge in [-0.05, 0) is 19.3 Å². The molecule has 0 radical (unpaired) electrons. The Hall–Kier alpha value is -1.59. The Morgan fingerprint density at radius 1 is 1.10 bits per heavy atom. The lowest BCUT2D eigenvalue weighted by Gasteiger charge is -2.25. The van der Waals surface area contributed by atoms with E-state index in [9.17, 15) is 14.4 Å². The highest BCUT2D eigenvalue weighted by atomic mass is 16.4. The first-order chi connectivity index (χ1) is 9.41. The number of aliphatic carboxylic acids is 1. The van der Waals surface area contributed by atoms with E-state index >= 15 is 0 Å². The Balaban J connectivity index is 2.25. The number of carboxylic acids is 1. The molecule has 2 amide bonds. The van der Waals surface area contributed by atoms with E-state index in [1.54, 1.807) is 0 Å². The Morgan fingerprint density at radius 3 is 2.30 bits per heavy atom. The molecule has 0 aliphatic heterocycles. The van der Waals surface area contributed by atoms with E-state index in [1.165, 1.54) is 0 Å². The van der Waals surface area contributed by atoms with E-state index in [-0.39, 0.29) is 23.7 Å². The first-order valence-electron chi connectivity index (χ1n) is 7.20. The van der Waals surface area contributed by atoms with Gasteiger partial charge in [0.15, 0.2) is 0 Å². The third-order valence-electron chi connectivity index (χ3n) is 3.64. The molecule has 0 aromatic rings. The molecule has 2 unspecified atom stereocenters. The summed E-state index contributed by atoms with van der Waals surface area (Å²) in [5.74, 6) is -1.64. The van der Waals surface area contributed by atoms with E-state index in [0.29, 0.717) is 25.9 Å². The molecular weight excluding hydrogens is 260 g/mol. The fourth-order valence-electron chi connectivity index (χ4n) is 2.37. The summed E-state index contributed by atoms with van der Waals surface area (Å²) in [6.07, 6.45) is 2.59. The summed E-state index contributed by atoms with van der Waals surface area (Å²) >= 11 is 0. The fraction of sp³-hybridized carbons (Fsp3) is 0.786. The van der Waals surface area contributed by atoms with Crippen LogP contribution in [0.1, 0.15) is 39.5 Å². The molecule has 3 N–H and O–H groups in total. The first kappa shape index (κ1) is 16.5. The minimum atomic E-state index is -0.813. The second-order valence-electron chi connectivity index (χ2n) is 5.64. The van der Waals surface area contributed by atoms with Gasteiger partial charge in [0.2, 0.25) is 11.8 Å². The lowest BCUT2D eigenvalue weighted by atomic mass is 9.81. The molecule has 1 rings (SSSR count). The smallest absolute Gasteiger partial charge is 0.306 e. The summed E-state index contributed by atoms with van der Waals surface area (Å²) in [5, 5.41) is 14.5. The zero-order valence-electron chi connectivity index (χ0n) is 12.1. The molecule has 1 aliphatic rings. The first-order valence-corrected chi connectivity index (χ1v) is 7.20. The number of hydrogen-bond acceptors (Lipinski definition) is 3. The number of carboxylic acid groups (broad SMARTS) is 1. The van der Waals surface area contributed by atoms with Gasteiger partial charge < -0.3 is 15.7 Å². The van der Waals surface area contributed by atoms with Crippen molar-refractivity contribution in [1.29, 1.82) is 0 Å². The topological polar surface area (TPSA) is 95.5 Å². The van der Waals surface area contributed by atoms with Gasteiger partial charge in [-0.15, -0.1) is 0 Å². The molecule has 114 valence electrons. The van der Waals surface area contributed by atoms with Crippen LogP contribution in [0, 0.1) is 17.8 Å². The van der Waals surface area contributed by atoms with Gasteiger partial charge in [-0.2, -0.15) is 0 Å². The second kappa shape index (κ2) is 7.87.